The smallest absolute Gasteiger partial charge is 0.0727 e. The molecule has 0 aromatic carbocycles. The predicted octanol–water partition coefficient (Wildman–Crippen LogP) is 2.10. The van der Waals surface area contributed by atoms with Gasteiger partial charge in [-0.1, -0.05) is 0 Å². The minimum absolute atomic E-state index is 0.103. The molecule has 78 valence electrons. The summed E-state index contributed by atoms with van der Waals surface area (Å²) in [4.78, 5) is 2.89. The number of nitrogens with two attached hydrogens (primary N) is 1. The number of ether oxygens (including phenoxy) is 1. The molecule has 14 heavy (non-hydrogen) atoms. The van der Waals surface area contributed by atoms with E-state index in [4.69, 9.17) is 10.5 Å². The molecule has 1 aliphatic rings. The Bertz CT molecular complexity index is 301. The largest absolute Gasteiger partial charge is 0.376 e. The molecule has 0 bridgehead atoms. The van der Waals surface area contributed by atoms with Gasteiger partial charge in [0.15, 0.2) is 0 Å². The molecule has 0 amide bonds. The van der Waals surface area contributed by atoms with Gasteiger partial charge in [0.25, 0.3) is 0 Å². The molecule has 0 saturated carbocycles. The number of thiophene rings is 1. The molecule has 0 radical (unpaired) electrons. The van der Waals surface area contributed by atoms with E-state index in [1.54, 1.807) is 0 Å². The van der Waals surface area contributed by atoms with Crippen LogP contribution in [0.15, 0.2) is 6.07 Å². The maximum atomic E-state index is 6.00. The van der Waals surface area contributed by atoms with Crippen LogP contribution in [0.4, 0.5) is 0 Å². The molecule has 0 saturated heterocycles. The second kappa shape index (κ2) is 3.65. The number of rotatable bonds is 2. The molecule has 1 aliphatic heterocycles. The third-order valence-corrected chi connectivity index (χ3v) is 3.55. The van der Waals surface area contributed by atoms with E-state index in [1.807, 2.05) is 11.3 Å². The van der Waals surface area contributed by atoms with Gasteiger partial charge in [0, 0.05) is 21.7 Å². The summed E-state index contributed by atoms with van der Waals surface area (Å²) in [6, 6.07) is 2.26. The zero-order valence-corrected chi connectivity index (χ0v) is 9.62. The van der Waals surface area contributed by atoms with Gasteiger partial charge in [0.2, 0.25) is 0 Å². The second-order valence-electron chi connectivity index (χ2n) is 4.63. The summed E-state index contributed by atoms with van der Waals surface area (Å²) >= 11 is 1.90. The fourth-order valence-electron chi connectivity index (χ4n) is 1.74. The highest BCUT2D eigenvalue weighted by atomic mass is 32.1. The quantitative estimate of drug-likeness (QED) is 0.813. The van der Waals surface area contributed by atoms with Crippen molar-refractivity contribution >= 4 is 11.3 Å². The third kappa shape index (κ3) is 2.35. The van der Waals surface area contributed by atoms with E-state index in [2.05, 4.69) is 19.9 Å². The summed E-state index contributed by atoms with van der Waals surface area (Å²) in [7, 11) is 0. The van der Waals surface area contributed by atoms with Crippen LogP contribution in [0.5, 0.6) is 0 Å². The first kappa shape index (κ1) is 10.1. The van der Waals surface area contributed by atoms with Gasteiger partial charge in [-0.25, -0.2) is 0 Å². The first-order valence-corrected chi connectivity index (χ1v) is 5.83. The van der Waals surface area contributed by atoms with E-state index in [-0.39, 0.29) is 5.54 Å². The lowest BCUT2D eigenvalue weighted by atomic mass is 10.0. The minimum Gasteiger partial charge on any atom is -0.376 e. The van der Waals surface area contributed by atoms with Crippen molar-refractivity contribution < 1.29 is 4.74 Å². The molecule has 2 rings (SSSR count). The topological polar surface area (TPSA) is 35.2 Å². The van der Waals surface area contributed by atoms with Crippen LogP contribution in [0.1, 0.15) is 29.2 Å². The Morgan fingerprint density at radius 2 is 2.36 bits per heavy atom. The molecule has 3 heteroatoms. The van der Waals surface area contributed by atoms with E-state index in [1.165, 1.54) is 15.3 Å². The summed E-state index contributed by atoms with van der Waals surface area (Å²) in [5.41, 5.74) is 7.27. The fourth-order valence-corrected chi connectivity index (χ4v) is 3.14. The Balaban J connectivity index is 2.16. The van der Waals surface area contributed by atoms with Crippen molar-refractivity contribution in [2.24, 2.45) is 5.73 Å². The molecule has 2 N–H and O–H groups in total. The van der Waals surface area contributed by atoms with Crippen LogP contribution in [-0.2, 0) is 24.2 Å². The van der Waals surface area contributed by atoms with Crippen molar-refractivity contribution in [1.82, 2.24) is 0 Å². The molecule has 0 atom stereocenters. The fraction of sp³-hybridized carbons (Fsp3) is 0.636. The lowest BCUT2D eigenvalue weighted by Gasteiger charge is -2.16. The van der Waals surface area contributed by atoms with E-state index < -0.39 is 0 Å². The van der Waals surface area contributed by atoms with Gasteiger partial charge in [-0.15, -0.1) is 11.3 Å². The standard InChI is InChI=1S/C11H17NOS/c1-11(2,12)6-9-5-8-7-13-4-3-10(8)14-9/h5H,3-4,6-7,12H2,1-2H3. The zero-order chi connectivity index (χ0) is 10.2. The maximum Gasteiger partial charge on any atom is 0.0727 e. The zero-order valence-electron chi connectivity index (χ0n) is 8.80. The van der Waals surface area contributed by atoms with Crippen LogP contribution in [0.2, 0.25) is 0 Å². The first-order chi connectivity index (χ1) is 6.54. The Kier molecular flexibility index (Phi) is 2.64. The highest BCUT2D eigenvalue weighted by Crippen LogP contribution is 2.28. The number of fused-ring (bicyclic) bond motifs is 1. The average Bonchev–Trinajstić information content (AvgIpc) is 2.42. The Morgan fingerprint density at radius 3 is 3.00 bits per heavy atom. The van der Waals surface area contributed by atoms with Crippen molar-refractivity contribution in [2.75, 3.05) is 6.61 Å². The second-order valence-corrected chi connectivity index (χ2v) is 5.85. The summed E-state index contributed by atoms with van der Waals surface area (Å²) in [5.74, 6) is 0. The van der Waals surface area contributed by atoms with Gasteiger partial charge in [-0.05, 0) is 31.9 Å². The van der Waals surface area contributed by atoms with Crippen LogP contribution in [0.25, 0.3) is 0 Å². The molecular formula is C11H17NOS. The molecular weight excluding hydrogens is 194 g/mol. The van der Waals surface area contributed by atoms with E-state index in [0.29, 0.717) is 0 Å². The van der Waals surface area contributed by atoms with E-state index >= 15 is 0 Å². The van der Waals surface area contributed by atoms with Gasteiger partial charge >= 0.3 is 0 Å². The predicted molar refractivity (Wildman–Crippen MR) is 59.6 cm³/mol. The molecule has 1 aromatic rings. The average molecular weight is 211 g/mol. The molecule has 2 nitrogen and oxygen atoms in total. The van der Waals surface area contributed by atoms with Crippen molar-refractivity contribution in [3.8, 4) is 0 Å². The molecule has 0 aliphatic carbocycles. The van der Waals surface area contributed by atoms with Crippen LogP contribution in [-0.4, -0.2) is 12.1 Å². The summed E-state index contributed by atoms with van der Waals surface area (Å²) in [6.07, 6.45) is 2.04. The van der Waals surface area contributed by atoms with Crippen molar-refractivity contribution in [3.05, 3.63) is 21.4 Å². The minimum atomic E-state index is -0.103. The third-order valence-electron chi connectivity index (χ3n) is 2.31. The van der Waals surface area contributed by atoms with Crippen molar-refractivity contribution in [1.29, 1.82) is 0 Å². The van der Waals surface area contributed by atoms with Gasteiger partial charge < -0.3 is 10.5 Å². The molecule has 2 heterocycles. The van der Waals surface area contributed by atoms with Crippen LogP contribution < -0.4 is 5.73 Å². The SMILES string of the molecule is CC(C)(N)Cc1cc2c(s1)CCOC2. The Labute approximate surface area is 89.1 Å². The highest BCUT2D eigenvalue weighted by Gasteiger charge is 2.17. The summed E-state index contributed by atoms with van der Waals surface area (Å²) in [5, 5.41) is 0. The van der Waals surface area contributed by atoms with Gasteiger partial charge in [0.1, 0.15) is 0 Å². The highest BCUT2D eigenvalue weighted by molar-refractivity contribution is 7.12. The van der Waals surface area contributed by atoms with Gasteiger partial charge in [0.05, 0.1) is 13.2 Å². The maximum absolute atomic E-state index is 6.00. The molecule has 0 fully saturated rings. The summed E-state index contributed by atoms with van der Waals surface area (Å²) in [6.45, 7) is 5.81. The Morgan fingerprint density at radius 1 is 1.57 bits per heavy atom. The van der Waals surface area contributed by atoms with E-state index in [0.717, 1.165) is 26.1 Å². The monoisotopic (exact) mass is 211 g/mol. The van der Waals surface area contributed by atoms with Gasteiger partial charge in [-0.2, -0.15) is 0 Å². The van der Waals surface area contributed by atoms with Gasteiger partial charge in [-0.3, -0.25) is 0 Å². The lowest BCUT2D eigenvalue weighted by molar-refractivity contribution is 0.112. The van der Waals surface area contributed by atoms with Crippen LogP contribution >= 0.6 is 11.3 Å². The molecule has 0 spiro atoms. The molecule has 1 aromatic heterocycles. The van der Waals surface area contributed by atoms with Crippen molar-refractivity contribution in [2.45, 2.75) is 38.8 Å². The number of hydrogen-bond donors (Lipinski definition) is 1. The molecule has 0 unspecified atom stereocenters. The van der Waals surface area contributed by atoms with Crippen molar-refractivity contribution in [3.63, 3.8) is 0 Å². The normalized spacial score (nSPS) is 16.8. The Hall–Kier alpha value is -0.380. The van der Waals surface area contributed by atoms with E-state index in [9.17, 15) is 0 Å². The lowest BCUT2D eigenvalue weighted by Crippen LogP contribution is -2.33. The number of hydrogen-bond acceptors (Lipinski definition) is 3. The summed E-state index contributed by atoms with van der Waals surface area (Å²) < 4.78 is 5.41. The van der Waals surface area contributed by atoms with Crippen LogP contribution in [0.3, 0.4) is 0 Å². The first-order valence-electron chi connectivity index (χ1n) is 5.02. The van der Waals surface area contributed by atoms with Crippen LogP contribution in [0, 0.1) is 0 Å².